The number of aliphatic carboxylic acids is 1. The van der Waals surface area contributed by atoms with Crippen LogP contribution in [0.25, 0.3) is 21.0 Å². The summed E-state index contributed by atoms with van der Waals surface area (Å²) < 4.78 is 12.6. The molecule has 0 spiro atoms. The Morgan fingerprint density at radius 2 is 1.86 bits per heavy atom. The van der Waals surface area contributed by atoms with Gasteiger partial charge in [0.15, 0.2) is 6.10 Å². The highest BCUT2D eigenvalue weighted by atomic mass is 32.1. The number of thiophene rings is 1. The number of aliphatic hydroxyl groups excluding tert-OH is 1. The van der Waals surface area contributed by atoms with Crippen molar-refractivity contribution >= 4 is 44.0 Å². The van der Waals surface area contributed by atoms with Crippen molar-refractivity contribution in [2.75, 3.05) is 50.8 Å². The van der Waals surface area contributed by atoms with Crippen molar-refractivity contribution in [1.29, 1.82) is 0 Å². The predicted molar refractivity (Wildman–Crippen MR) is 146 cm³/mol. The van der Waals surface area contributed by atoms with Crippen molar-refractivity contribution in [2.45, 2.75) is 18.9 Å². The lowest BCUT2D eigenvalue weighted by Crippen LogP contribution is -2.46. The summed E-state index contributed by atoms with van der Waals surface area (Å²) in [7, 11) is 0. The first-order valence-corrected chi connectivity index (χ1v) is 13.5. The van der Waals surface area contributed by atoms with Gasteiger partial charge in [-0.3, -0.25) is 4.90 Å². The summed E-state index contributed by atoms with van der Waals surface area (Å²) in [6.45, 7) is 5.60. The number of nitrogens with zero attached hydrogens (tertiary/aromatic N) is 3. The fourth-order valence-corrected chi connectivity index (χ4v) is 5.39. The number of fused-ring (bicyclic) bond motifs is 2. The lowest BCUT2D eigenvalue weighted by atomic mass is 10.2. The van der Waals surface area contributed by atoms with Crippen LogP contribution in [0.4, 0.5) is 5.69 Å². The van der Waals surface area contributed by atoms with Crippen molar-refractivity contribution in [2.24, 2.45) is 0 Å². The summed E-state index contributed by atoms with van der Waals surface area (Å²) in [5.41, 5.74) is 2.05. The summed E-state index contributed by atoms with van der Waals surface area (Å²) in [6.07, 6.45) is 0.462. The Balaban J connectivity index is 1.04. The summed E-state index contributed by atoms with van der Waals surface area (Å²) >= 11 is 1.80. The minimum atomic E-state index is -1.59. The monoisotopic (exact) mass is 521 g/mol. The first-order valence-electron chi connectivity index (χ1n) is 12.6. The van der Waals surface area contributed by atoms with Crippen LogP contribution in [0.2, 0.25) is 0 Å². The molecule has 194 valence electrons. The number of carboxylic acid groups (broad SMARTS) is 1. The molecule has 2 N–H and O–H groups in total. The second kappa shape index (κ2) is 11.8. The molecular formula is C28H31N3O5S. The summed E-state index contributed by atoms with van der Waals surface area (Å²) in [5.74, 6) is -0.332. The van der Waals surface area contributed by atoms with Crippen LogP contribution in [-0.2, 0) is 4.79 Å². The zero-order valence-corrected chi connectivity index (χ0v) is 21.4. The molecule has 37 heavy (non-hydrogen) atoms. The largest absolute Gasteiger partial charge is 0.494 e. The number of benzene rings is 2. The molecule has 4 aromatic rings. The number of aromatic nitrogens is 1. The van der Waals surface area contributed by atoms with Crippen molar-refractivity contribution in [3.05, 3.63) is 60.0 Å². The molecule has 1 atom stereocenters. The molecule has 0 radical (unpaired) electrons. The third-order valence-corrected chi connectivity index (χ3v) is 7.52. The second-order valence-corrected chi connectivity index (χ2v) is 10.1. The molecule has 2 aromatic carbocycles. The number of pyridine rings is 1. The van der Waals surface area contributed by atoms with E-state index in [1.807, 2.05) is 24.3 Å². The molecule has 0 saturated carbocycles. The topological polar surface area (TPSA) is 95.4 Å². The molecule has 3 heterocycles. The predicted octanol–water partition coefficient (Wildman–Crippen LogP) is 4.26. The highest BCUT2D eigenvalue weighted by Crippen LogP contribution is 2.31. The van der Waals surface area contributed by atoms with E-state index in [0.29, 0.717) is 12.1 Å². The zero-order valence-electron chi connectivity index (χ0n) is 20.6. The number of piperazine rings is 1. The SMILES string of the molecule is O=C(O)C(O)COc1ccc2ccc(OCCCCN3CCN(c4cccc5sccc45)CC3)cc2n1. The maximum absolute atomic E-state index is 10.7. The van der Waals surface area contributed by atoms with Gasteiger partial charge >= 0.3 is 5.97 Å². The number of carbonyl (C=O) groups is 1. The molecular weight excluding hydrogens is 490 g/mol. The van der Waals surface area contributed by atoms with E-state index in [1.54, 1.807) is 17.4 Å². The maximum Gasteiger partial charge on any atom is 0.336 e. The molecule has 0 bridgehead atoms. The molecule has 1 fully saturated rings. The van der Waals surface area contributed by atoms with Crippen LogP contribution in [0.15, 0.2) is 60.0 Å². The minimum absolute atomic E-state index is 0.261. The van der Waals surface area contributed by atoms with Crippen LogP contribution < -0.4 is 14.4 Å². The van der Waals surface area contributed by atoms with E-state index in [2.05, 4.69) is 44.4 Å². The Kier molecular flexibility index (Phi) is 8.03. The van der Waals surface area contributed by atoms with Gasteiger partial charge in [-0.2, -0.15) is 0 Å². The Morgan fingerprint density at radius 3 is 2.70 bits per heavy atom. The smallest absolute Gasteiger partial charge is 0.336 e. The first-order chi connectivity index (χ1) is 18.1. The van der Waals surface area contributed by atoms with Gasteiger partial charge in [-0.1, -0.05) is 6.07 Å². The Morgan fingerprint density at radius 1 is 1.03 bits per heavy atom. The normalized spacial score (nSPS) is 15.2. The molecule has 9 heteroatoms. The third kappa shape index (κ3) is 6.30. The van der Waals surface area contributed by atoms with Gasteiger partial charge < -0.3 is 24.6 Å². The van der Waals surface area contributed by atoms with Crippen LogP contribution >= 0.6 is 11.3 Å². The molecule has 1 saturated heterocycles. The number of hydrogen-bond acceptors (Lipinski definition) is 8. The van der Waals surface area contributed by atoms with Crippen molar-refractivity contribution in [3.8, 4) is 11.6 Å². The van der Waals surface area contributed by atoms with Gasteiger partial charge in [0.2, 0.25) is 5.88 Å². The molecule has 0 aliphatic carbocycles. The Hall–Kier alpha value is -3.40. The second-order valence-electron chi connectivity index (χ2n) is 9.16. The lowest BCUT2D eigenvalue weighted by molar-refractivity contribution is -0.148. The average Bonchev–Trinajstić information content (AvgIpc) is 3.41. The molecule has 1 aliphatic heterocycles. The van der Waals surface area contributed by atoms with Crippen LogP contribution in [0.1, 0.15) is 12.8 Å². The van der Waals surface area contributed by atoms with Crippen molar-refractivity contribution in [1.82, 2.24) is 9.88 Å². The third-order valence-electron chi connectivity index (χ3n) is 6.64. The van der Waals surface area contributed by atoms with Crippen LogP contribution in [-0.4, -0.2) is 78.1 Å². The van der Waals surface area contributed by atoms with E-state index >= 15 is 0 Å². The Bertz CT molecular complexity index is 1350. The highest BCUT2D eigenvalue weighted by Gasteiger charge is 2.18. The first kappa shape index (κ1) is 25.3. The fraction of sp³-hybridized carbons (Fsp3) is 0.357. The van der Waals surface area contributed by atoms with Gasteiger partial charge in [0.25, 0.3) is 0 Å². The molecule has 2 aromatic heterocycles. The van der Waals surface area contributed by atoms with Crippen LogP contribution in [0.5, 0.6) is 11.6 Å². The van der Waals surface area contributed by atoms with Gasteiger partial charge in [-0.05, 0) is 61.2 Å². The summed E-state index contributed by atoms with van der Waals surface area (Å²) in [5, 5.41) is 22.6. The van der Waals surface area contributed by atoms with Gasteiger partial charge in [0.05, 0.1) is 12.1 Å². The standard InChI is InChI=1S/C28H31N3O5S/c32-25(28(33)34)19-36-27-9-7-20-6-8-21(18-23(20)29-27)35-16-2-1-11-30-12-14-31(15-13-30)24-4-3-5-26-22(24)10-17-37-26/h3-10,17-18,25,32H,1-2,11-16,19H2,(H,33,34). The molecule has 8 nitrogen and oxygen atoms in total. The molecule has 5 rings (SSSR count). The van der Waals surface area contributed by atoms with Crippen LogP contribution in [0, 0.1) is 0 Å². The lowest BCUT2D eigenvalue weighted by Gasteiger charge is -2.36. The van der Waals surface area contributed by atoms with E-state index in [4.69, 9.17) is 14.6 Å². The molecule has 1 aliphatic rings. The van der Waals surface area contributed by atoms with E-state index in [0.717, 1.165) is 56.7 Å². The van der Waals surface area contributed by atoms with E-state index in [-0.39, 0.29) is 12.5 Å². The van der Waals surface area contributed by atoms with Gasteiger partial charge in [-0.15, -0.1) is 11.3 Å². The minimum Gasteiger partial charge on any atom is -0.494 e. The Labute approximate surface area is 219 Å². The summed E-state index contributed by atoms with van der Waals surface area (Å²) in [6, 6.07) is 18.0. The molecule has 0 amide bonds. The number of hydrogen-bond donors (Lipinski definition) is 2. The van der Waals surface area contributed by atoms with Crippen LogP contribution in [0.3, 0.4) is 0 Å². The van der Waals surface area contributed by atoms with Gasteiger partial charge in [-0.25, -0.2) is 9.78 Å². The number of unbranched alkanes of at least 4 members (excludes halogenated alkanes) is 1. The number of anilines is 1. The average molecular weight is 522 g/mol. The number of rotatable bonds is 11. The number of ether oxygens (including phenoxy) is 2. The zero-order chi connectivity index (χ0) is 25.6. The maximum atomic E-state index is 10.7. The van der Waals surface area contributed by atoms with E-state index in [1.165, 1.54) is 15.8 Å². The van der Waals surface area contributed by atoms with Crippen molar-refractivity contribution < 1.29 is 24.5 Å². The number of aliphatic hydroxyl groups is 1. The van der Waals surface area contributed by atoms with E-state index < -0.39 is 12.1 Å². The van der Waals surface area contributed by atoms with Gasteiger partial charge in [0.1, 0.15) is 12.4 Å². The quantitative estimate of drug-likeness (QED) is 0.283. The fourth-order valence-electron chi connectivity index (χ4n) is 4.58. The summed E-state index contributed by atoms with van der Waals surface area (Å²) in [4.78, 5) is 20.2. The number of carboxylic acids is 1. The van der Waals surface area contributed by atoms with Crippen molar-refractivity contribution in [3.63, 3.8) is 0 Å². The van der Waals surface area contributed by atoms with Gasteiger partial charge in [0, 0.05) is 59.5 Å². The highest BCUT2D eigenvalue weighted by molar-refractivity contribution is 7.17. The van der Waals surface area contributed by atoms with E-state index in [9.17, 15) is 9.90 Å². The molecule has 1 unspecified atom stereocenters.